The molecule has 1 fully saturated rings. The van der Waals surface area contributed by atoms with Gasteiger partial charge in [-0.15, -0.1) is 0 Å². The normalized spacial score (nSPS) is 19.2. The highest BCUT2D eigenvalue weighted by atomic mass is 32.2. The number of hydrogen-bond donors (Lipinski definition) is 2. The summed E-state index contributed by atoms with van der Waals surface area (Å²) in [6.45, 7) is 1.87. The molecule has 6 nitrogen and oxygen atoms in total. The van der Waals surface area contributed by atoms with E-state index in [4.69, 9.17) is 5.73 Å². The molecule has 0 radical (unpaired) electrons. The maximum Gasteiger partial charge on any atom is 0.416 e. The van der Waals surface area contributed by atoms with Crippen LogP contribution in [0.3, 0.4) is 0 Å². The number of likely N-dealkylation sites (tertiary alicyclic amines) is 1. The van der Waals surface area contributed by atoms with E-state index in [9.17, 15) is 31.5 Å². The average molecular weight is 561 g/mol. The highest BCUT2D eigenvalue weighted by Crippen LogP contribution is 2.41. The van der Waals surface area contributed by atoms with E-state index in [-0.39, 0.29) is 34.8 Å². The van der Waals surface area contributed by atoms with Crippen LogP contribution in [0.1, 0.15) is 69.4 Å². The number of aliphatic hydroxyl groups excluding tert-OH is 1. The number of amides is 1. The number of hydrogen-bond acceptors (Lipinski definition) is 5. The second kappa shape index (κ2) is 11.1. The number of halogens is 3. The highest BCUT2D eigenvalue weighted by Gasteiger charge is 2.34. The minimum absolute atomic E-state index is 0.0169. The molecule has 1 aliphatic heterocycles. The summed E-state index contributed by atoms with van der Waals surface area (Å²) in [5.41, 5.74) is 8.10. The number of primary amides is 1. The lowest BCUT2D eigenvalue weighted by molar-refractivity contribution is -0.137. The van der Waals surface area contributed by atoms with Crippen LogP contribution in [0.25, 0.3) is 0 Å². The van der Waals surface area contributed by atoms with Crippen LogP contribution in [0.2, 0.25) is 0 Å². The van der Waals surface area contributed by atoms with Gasteiger partial charge in [0.2, 0.25) is 5.91 Å². The number of nitrogens with zero attached hydrogens (tertiary/aromatic N) is 1. The van der Waals surface area contributed by atoms with Crippen molar-refractivity contribution in [1.82, 2.24) is 4.90 Å². The number of carbonyl (C=O) groups excluding carboxylic acids is 1. The van der Waals surface area contributed by atoms with E-state index in [0.29, 0.717) is 24.1 Å². The molecule has 1 aliphatic rings. The van der Waals surface area contributed by atoms with Gasteiger partial charge in [0.05, 0.1) is 22.8 Å². The molecule has 0 bridgehead atoms. The first-order chi connectivity index (χ1) is 18.4. The van der Waals surface area contributed by atoms with E-state index in [0.717, 1.165) is 23.3 Å². The molecule has 2 unspecified atom stereocenters. The van der Waals surface area contributed by atoms with Crippen LogP contribution < -0.4 is 5.73 Å². The fourth-order valence-corrected chi connectivity index (χ4v) is 6.22. The Hall–Kier alpha value is -3.21. The molecule has 0 aliphatic carbocycles. The number of aliphatic hydroxyl groups is 1. The molecule has 3 atom stereocenters. The Bertz CT molecular complexity index is 1440. The number of nitrogens with two attached hydrogens (primary N) is 1. The van der Waals surface area contributed by atoms with E-state index in [1.54, 1.807) is 25.1 Å². The van der Waals surface area contributed by atoms with Gasteiger partial charge in [-0.2, -0.15) is 13.2 Å². The number of likely N-dealkylation sites (N-methyl/N-ethyl adjacent to an activating group) is 1. The second-order valence-corrected chi connectivity index (χ2v) is 12.2. The van der Waals surface area contributed by atoms with Crippen LogP contribution in [-0.4, -0.2) is 50.3 Å². The zero-order valence-corrected chi connectivity index (χ0v) is 22.5. The smallest absolute Gasteiger partial charge is 0.395 e. The Morgan fingerprint density at radius 1 is 1.05 bits per heavy atom. The predicted octanol–water partition coefficient (Wildman–Crippen LogP) is 4.88. The molecule has 39 heavy (non-hydrogen) atoms. The summed E-state index contributed by atoms with van der Waals surface area (Å²) in [6.07, 6.45) is -3.73. The molecule has 0 aromatic heterocycles. The molecule has 208 valence electrons. The Morgan fingerprint density at radius 3 is 2.21 bits per heavy atom. The molecule has 1 saturated heterocycles. The van der Waals surface area contributed by atoms with E-state index in [1.165, 1.54) is 24.3 Å². The largest absolute Gasteiger partial charge is 0.416 e. The van der Waals surface area contributed by atoms with Crippen molar-refractivity contribution in [2.45, 2.75) is 42.3 Å². The predicted molar refractivity (Wildman–Crippen MR) is 142 cm³/mol. The van der Waals surface area contributed by atoms with Gasteiger partial charge in [-0.1, -0.05) is 43.3 Å². The lowest BCUT2D eigenvalue weighted by Crippen LogP contribution is -2.21. The van der Waals surface area contributed by atoms with E-state index in [2.05, 4.69) is 4.90 Å². The Balaban J connectivity index is 1.65. The minimum Gasteiger partial charge on any atom is -0.395 e. The van der Waals surface area contributed by atoms with Crippen molar-refractivity contribution in [1.29, 1.82) is 0 Å². The van der Waals surface area contributed by atoms with Crippen LogP contribution in [0.4, 0.5) is 13.2 Å². The number of benzene rings is 3. The van der Waals surface area contributed by atoms with Crippen molar-refractivity contribution in [3.05, 3.63) is 100 Å². The van der Waals surface area contributed by atoms with Crippen LogP contribution in [-0.2, 0) is 16.0 Å². The van der Waals surface area contributed by atoms with Gasteiger partial charge in [0, 0.05) is 24.1 Å². The van der Waals surface area contributed by atoms with Crippen molar-refractivity contribution in [3.63, 3.8) is 0 Å². The molecule has 3 N–H and O–H groups in total. The number of carbonyl (C=O) groups is 1. The molecule has 4 rings (SSSR count). The van der Waals surface area contributed by atoms with Gasteiger partial charge in [-0.25, -0.2) is 8.42 Å². The van der Waals surface area contributed by atoms with Crippen molar-refractivity contribution in [2.75, 3.05) is 26.0 Å². The van der Waals surface area contributed by atoms with Crippen molar-refractivity contribution in [3.8, 4) is 0 Å². The molecule has 10 heteroatoms. The zero-order chi connectivity index (χ0) is 28.5. The third-order valence-electron chi connectivity index (χ3n) is 7.56. The first-order valence-corrected chi connectivity index (χ1v) is 14.3. The molecule has 3 aromatic carbocycles. The third kappa shape index (κ3) is 6.03. The monoisotopic (exact) mass is 560 g/mol. The molecular weight excluding hydrogens is 529 g/mol. The third-order valence-corrected chi connectivity index (χ3v) is 9.31. The maximum absolute atomic E-state index is 13.0. The SMILES string of the molecule is CCS(=O)(=O)c1ccc([C@@H](CO)c2cc(C3CC(c4ccc(C(F)(F)F)cc4)CN3C)ccc2C(N)=O)cc1. The Labute approximate surface area is 226 Å². The van der Waals surface area contributed by atoms with Gasteiger partial charge in [0.15, 0.2) is 9.84 Å². The molecular formula is C29H31F3N2O4S. The zero-order valence-electron chi connectivity index (χ0n) is 21.6. The van der Waals surface area contributed by atoms with Gasteiger partial charge < -0.3 is 10.8 Å². The van der Waals surface area contributed by atoms with Gasteiger partial charge in [0.1, 0.15) is 0 Å². The van der Waals surface area contributed by atoms with E-state index >= 15 is 0 Å². The first kappa shape index (κ1) is 28.8. The first-order valence-electron chi connectivity index (χ1n) is 12.6. The lowest BCUT2D eigenvalue weighted by Gasteiger charge is -2.24. The maximum atomic E-state index is 13.0. The van der Waals surface area contributed by atoms with Crippen LogP contribution in [0.15, 0.2) is 71.6 Å². The summed E-state index contributed by atoms with van der Waals surface area (Å²) in [4.78, 5) is 14.6. The van der Waals surface area contributed by atoms with Gasteiger partial charge in [0.25, 0.3) is 0 Å². The number of alkyl halides is 3. The molecule has 1 amide bonds. The molecule has 3 aromatic rings. The van der Waals surface area contributed by atoms with Crippen LogP contribution >= 0.6 is 0 Å². The Kier molecular flexibility index (Phi) is 8.20. The summed E-state index contributed by atoms with van der Waals surface area (Å²) in [5, 5.41) is 10.3. The second-order valence-electron chi connectivity index (χ2n) is 9.93. The quantitative estimate of drug-likeness (QED) is 0.409. The topological polar surface area (TPSA) is 101 Å². The summed E-state index contributed by atoms with van der Waals surface area (Å²) in [7, 11) is -1.46. The van der Waals surface area contributed by atoms with Gasteiger partial charge in [-0.3, -0.25) is 9.69 Å². The summed E-state index contributed by atoms with van der Waals surface area (Å²) < 4.78 is 63.4. The fraction of sp³-hybridized carbons (Fsp3) is 0.345. The lowest BCUT2D eigenvalue weighted by atomic mass is 9.85. The van der Waals surface area contributed by atoms with Crippen LogP contribution in [0, 0.1) is 0 Å². The van der Waals surface area contributed by atoms with E-state index in [1.807, 2.05) is 19.2 Å². The summed E-state index contributed by atoms with van der Waals surface area (Å²) in [6, 6.07) is 16.7. The summed E-state index contributed by atoms with van der Waals surface area (Å²) >= 11 is 0. The highest BCUT2D eigenvalue weighted by molar-refractivity contribution is 7.91. The standard InChI is InChI=1S/C29H31F3N2O4S/c1-3-39(37,38)23-11-6-19(7-12-23)26(17-35)25-14-20(8-13-24(25)28(33)36)27-15-21(16-34(27)2)18-4-9-22(10-5-18)29(30,31)32/h4-14,21,26-27,35H,3,15-17H2,1-2H3,(H2,33,36)/t21?,26-,27?/m1/s1. The number of rotatable bonds is 8. The van der Waals surface area contributed by atoms with Crippen molar-refractivity contribution >= 4 is 15.7 Å². The molecule has 0 saturated carbocycles. The molecule has 1 heterocycles. The van der Waals surface area contributed by atoms with Crippen molar-refractivity contribution in [2.24, 2.45) is 5.73 Å². The number of sulfone groups is 1. The van der Waals surface area contributed by atoms with E-state index < -0.39 is 33.4 Å². The van der Waals surface area contributed by atoms with Gasteiger partial charge in [-0.05, 0) is 72.0 Å². The van der Waals surface area contributed by atoms with Crippen LogP contribution in [0.5, 0.6) is 0 Å². The fourth-order valence-electron chi connectivity index (χ4n) is 5.33. The minimum atomic E-state index is -4.39. The Morgan fingerprint density at radius 2 is 1.67 bits per heavy atom. The van der Waals surface area contributed by atoms with Crippen molar-refractivity contribution < 1.29 is 31.5 Å². The summed E-state index contributed by atoms with van der Waals surface area (Å²) in [5.74, 6) is -1.29. The molecule has 0 spiro atoms. The average Bonchev–Trinajstić information content (AvgIpc) is 3.30. The van der Waals surface area contributed by atoms with Gasteiger partial charge >= 0.3 is 6.18 Å².